The van der Waals surface area contributed by atoms with Crippen molar-refractivity contribution in [2.24, 2.45) is 16.8 Å². The SMILES string of the molecule is CC(C)C1C=NCCC1. The molecule has 0 saturated heterocycles. The van der Waals surface area contributed by atoms with Crippen LogP contribution in [0.2, 0.25) is 0 Å². The molecule has 0 N–H and O–H groups in total. The predicted molar refractivity (Wildman–Crippen MR) is 40.9 cm³/mol. The molecule has 1 aliphatic heterocycles. The number of hydrogen-bond donors (Lipinski definition) is 0. The third-order valence-corrected chi connectivity index (χ3v) is 1.98. The number of nitrogens with zero attached hydrogens (tertiary/aromatic N) is 1. The molecule has 0 amide bonds. The van der Waals surface area contributed by atoms with Crippen molar-refractivity contribution in [1.82, 2.24) is 0 Å². The topological polar surface area (TPSA) is 12.4 Å². The number of hydrogen-bond acceptors (Lipinski definition) is 1. The van der Waals surface area contributed by atoms with Crippen molar-refractivity contribution < 1.29 is 0 Å². The van der Waals surface area contributed by atoms with Gasteiger partial charge in [0.1, 0.15) is 0 Å². The predicted octanol–water partition coefficient (Wildman–Crippen LogP) is 2.12. The fourth-order valence-electron chi connectivity index (χ4n) is 1.21. The van der Waals surface area contributed by atoms with Crippen LogP contribution < -0.4 is 0 Å². The molecule has 1 unspecified atom stereocenters. The molecular weight excluding hydrogens is 110 g/mol. The first-order valence-electron chi connectivity index (χ1n) is 3.80. The maximum Gasteiger partial charge on any atom is 0.0385 e. The lowest BCUT2D eigenvalue weighted by Gasteiger charge is -2.18. The van der Waals surface area contributed by atoms with E-state index in [-0.39, 0.29) is 0 Å². The Bertz CT molecular complexity index is 105. The van der Waals surface area contributed by atoms with E-state index in [9.17, 15) is 0 Å². The van der Waals surface area contributed by atoms with E-state index in [4.69, 9.17) is 0 Å². The minimum atomic E-state index is 0.763. The first-order chi connectivity index (χ1) is 4.30. The van der Waals surface area contributed by atoms with Crippen LogP contribution in [-0.2, 0) is 0 Å². The van der Waals surface area contributed by atoms with Crippen molar-refractivity contribution in [1.29, 1.82) is 0 Å². The summed E-state index contributed by atoms with van der Waals surface area (Å²) in [6.07, 6.45) is 4.77. The molecule has 9 heavy (non-hydrogen) atoms. The Morgan fingerprint density at radius 3 is 2.67 bits per heavy atom. The van der Waals surface area contributed by atoms with E-state index in [2.05, 4.69) is 25.1 Å². The molecule has 1 rings (SSSR count). The van der Waals surface area contributed by atoms with Gasteiger partial charge in [-0.1, -0.05) is 13.8 Å². The molecule has 1 aliphatic rings. The van der Waals surface area contributed by atoms with E-state index in [1.807, 2.05) is 0 Å². The van der Waals surface area contributed by atoms with Crippen LogP contribution >= 0.6 is 0 Å². The van der Waals surface area contributed by atoms with Gasteiger partial charge >= 0.3 is 0 Å². The molecule has 0 fully saturated rings. The van der Waals surface area contributed by atoms with Gasteiger partial charge in [0, 0.05) is 12.8 Å². The lowest BCUT2D eigenvalue weighted by molar-refractivity contribution is 0.446. The van der Waals surface area contributed by atoms with E-state index < -0.39 is 0 Å². The second-order valence-electron chi connectivity index (χ2n) is 3.11. The lowest BCUT2D eigenvalue weighted by Crippen LogP contribution is -2.14. The lowest BCUT2D eigenvalue weighted by atomic mass is 9.91. The van der Waals surface area contributed by atoms with E-state index >= 15 is 0 Å². The summed E-state index contributed by atoms with van der Waals surface area (Å²) in [5.74, 6) is 1.55. The van der Waals surface area contributed by atoms with Crippen molar-refractivity contribution in [3.63, 3.8) is 0 Å². The smallest absolute Gasteiger partial charge is 0.0385 e. The maximum atomic E-state index is 4.25. The van der Waals surface area contributed by atoms with Crippen LogP contribution in [0.1, 0.15) is 26.7 Å². The molecule has 52 valence electrons. The normalized spacial score (nSPS) is 27.2. The summed E-state index contributed by atoms with van der Waals surface area (Å²) < 4.78 is 0. The van der Waals surface area contributed by atoms with Gasteiger partial charge in [-0.25, -0.2) is 0 Å². The van der Waals surface area contributed by atoms with Crippen LogP contribution in [0.15, 0.2) is 4.99 Å². The Morgan fingerprint density at radius 1 is 1.56 bits per heavy atom. The number of aliphatic imine (C=N–C) groups is 1. The summed E-state index contributed by atoms with van der Waals surface area (Å²) in [5, 5.41) is 0. The Labute approximate surface area is 57.2 Å². The fourth-order valence-corrected chi connectivity index (χ4v) is 1.21. The first-order valence-corrected chi connectivity index (χ1v) is 3.80. The molecule has 0 aromatic heterocycles. The minimum Gasteiger partial charge on any atom is -0.297 e. The molecule has 0 radical (unpaired) electrons. The Balaban J connectivity index is 2.40. The summed E-state index contributed by atoms with van der Waals surface area (Å²) in [6.45, 7) is 5.59. The zero-order chi connectivity index (χ0) is 6.69. The van der Waals surface area contributed by atoms with Gasteiger partial charge in [0.25, 0.3) is 0 Å². The van der Waals surface area contributed by atoms with Gasteiger partial charge in [0.2, 0.25) is 0 Å². The highest BCUT2D eigenvalue weighted by atomic mass is 14.7. The zero-order valence-corrected chi connectivity index (χ0v) is 6.30. The fraction of sp³-hybridized carbons (Fsp3) is 0.875. The summed E-state index contributed by atoms with van der Waals surface area (Å²) in [6, 6.07) is 0. The van der Waals surface area contributed by atoms with Crippen LogP contribution in [0.25, 0.3) is 0 Å². The Morgan fingerprint density at radius 2 is 2.33 bits per heavy atom. The van der Waals surface area contributed by atoms with Gasteiger partial charge in [0.15, 0.2) is 0 Å². The van der Waals surface area contributed by atoms with Crippen LogP contribution in [0.4, 0.5) is 0 Å². The van der Waals surface area contributed by atoms with Crippen LogP contribution in [0, 0.1) is 11.8 Å². The molecule has 1 heteroatoms. The zero-order valence-electron chi connectivity index (χ0n) is 6.30. The highest BCUT2D eigenvalue weighted by Crippen LogP contribution is 2.17. The van der Waals surface area contributed by atoms with Gasteiger partial charge < -0.3 is 0 Å². The molecule has 1 atom stereocenters. The average Bonchev–Trinajstić information content (AvgIpc) is 1.90. The second kappa shape index (κ2) is 3.00. The highest BCUT2D eigenvalue weighted by molar-refractivity contribution is 5.61. The third-order valence-electron chi connectivity index (χ3n) is 1.98. The third kappa shape index (κ3) is 1.81. The Hall–Kier alpha value is -0.330. The maximum absolute atomic E-state index is 4.25. The van der Waals surface area contributed by atoms with Crippen molar-refractivity contribution in [3.8, 4) is 0 Å². The standard InChI is InChI=1S/C8H15N/c1-7(2)8-4-3-5-9-6-8/h6-8H,3-5H2,1-2H3. The van der Waals surface area contributed by atoms with E-state index in [0.717, 1.165) is 18.4 Å². The van der Waals surface area contributed by atoms with E-state index in [0.29, 0.717) is 0 Å². The largest absolute Gasteiger partial charge is 0.297 e. The monoisotopic (exact) mass is 125 g/mol. The summed E-state index contributed by atoms with van der Waals surface area (Å²) in [4.78, 5) is 4.25. The minimum absolute atomic E-state index is 0.763. The van der Waals surface area contributed by atoms with Gasteiger partial charge in [-0.15, -0.1) is 0 Å². The molecule has 0 saturated carbocycles. The average molecular weight is 125 g/mol. The molecule has 1 nitrogen and oxygen atoms in total. The summed E-state index contributed by atoms with van der Waals surface area (Å²) >= 11 is 0. The van der Waals surface area contributed by atoms with E-state index in [1.165, 1.54) is 12.8 Å². The van der Waals surface area contributed by atoms with Gasteiger partial charge in [-0.3, -0.25) is 4.99 Å². The van der Waals surface area contributed by atoms with Gasteiger partial charge in [-0.2, -0.15) is 0 Å². The van der Waals surface area contributed by atoms with Crippen molar-refractivity contribution >= 4 is 6.21 Å². The van der Waals surface area contributed by atoms with Crippen LogP contribution in [-0.4, -0.2) is 12.8 Å². The van der Waals surface area contributed by atoms with Gasteiger partial charge in [-0.05, 0) is 24.7 Å². The van der Waals surface area contributed by atoms with Crippen molar-refractivity contribution in [2.45, 2.75) is 26.7 Å². The highest BCUT2D eigenvalue weighted by Gasteiger charge is 2.12. The molecule has 0 aromatic rings. The molecular formula is C8H15N. The van der Waals surface area contributed by atoms with E-state index in [1.54, 1.807) is 0 Å². The quantitative estimate of drug-likeness (QED) is 0.509. The van der Waals surface area contributed by atoms with Gasteiger partial charge in [0.05, 0.1) is 0 Å². The number of rotatable bonds is 1. The summed E-state index contributed by atoms with van der Waals surface area (Å²) in [7, 11) is 0. The second-order valence-corrected chi connectivity index (χ2v) is 3.11. The van der Waals surface area contributed by atoms with Crippen LogP contribution in [0.3, 0.4) is 0 Å². The summed E-state index contributed by atoms with van der Waals surface area (Å²) in [5.41, 5.74) is 0. The molecule has 0 aromatic carbocycles. The molecule has 0 spiro atoms. The Kier molecular flexibility index (Phi) is 2.26. The van der Waals surface area contributed by atoms with Crippen molar-refractivity contribution in [2.75, 3.05) is 6.54 Å². The van der Waals surface area contributed by atoms with Crippen molar-refractivity contribution in [3.05, 3.63) is 0 Å². The molecule has 1 heterocycles. The van der Waals surface area contributed by atoms with Crippen LogP contribution in [0.5, 0.6) is 0 Å². The molecule has 0 aliphatic carbocycles. The first kappa shape index (κ1) is 6.79. The molecule has 0 bridgehead atoms.